The van der Waals surface area contributed by atoms with Crippen LogP contribution in [0.3, 0.4) is 0 Å². The summed E-state index contributed by atoms with van der Waals surface area (Å²) in [4.78, 5) is 12.5. The van der Waals surface area contributed by atoms with E-state index in [0.29, 0.717) is 0 Å². The Kier molecular flexibility index (Phi) is 5.03. The number of fused-ring (bicyclic) bond motifs is 1. The number of amides is 1. The van der Waals surface area contributed by atoms with Gasteiger partial charge in [-0.15, -0.1) is 0 Å². The highest BCUT2D eigenvalue weighted by atomic mass is 16.5. The van der Waals surface area contributed by atoms with Crippen molar-refractivity contribution in [1.29, 1.82) is 0 Å². The van der Waals surface area contributed by atoms with Crippen molar-refractivity contribution in [2.45, 2.75) is 32.9 Å². The number of rotatable bonds is 5. The molecule has 25 heavy (non-hydrogen) atoms. The van der Waals surface area contributed by atoms with Gasteiger partial charge < -0.3 is 10.1 Å². The van der Waals surface area contributed by atoms with Gasteiger partial charge in [-0.05, 0) is 37.8 Å². The first kappa shape index (κ1) is 17.0. The van der Waals surface area contributed by atoms with Gasteiger partial charge in [-0.25, -0.2) is 0 Å². The van der Waals surface area contributed by atoms with Crippen molar-refractivity contribution < 1.29 is 9.53 Å². The normalized spacial score (nSPS) is 13.2. The predicted molar refractivity (Wildman–Crippen MR) is 102 cm³/mol. The molecule has 3 heteroatoms. The van der Waals surface area contributed by atoms with Crippen LogP contribution in [0.1, 0.15) is 31.0 Å². The summed E-state index contributed by atoms with van der Waals surface area (Å²) in [6.45, 7) is 5.80. The summed E-state index contributed by atoms with van der Waals surface area (Å²) >= 11 is 0. The molecular formula is C22H23NO2. The van der Waals surface area contributed by atoms with Gasteiger partial charge in [0.05, 0.1) is 6.04 Å². The molecule has 0 bridgehead atoms. The molecule has 2 atom stereocenters. The van der Waals surface area contributed by atoms with E-state index in [9.17, 15) is 4.79 Å². The van der Waals surface area contributed by atoms with E-state index in [1.54, 1.807) is 6.92 Å². The average molecular weight is 333 g/mol. The summed E-state index contributed by atoms with van der Waals surface area (Å²) in [5.74, 6) is 0.602. The Morgan fingerprint density at radius 2 is 1.60 bits per heavy atom. The van der Waals surface area contributed by atoms with Crippen LogP contribution in [0, 0.1) is 6.92 Å². The van der Waals surface area contributed by atoms with E-state index < -0.39 is 6.10 Å². The predicted octanol–water partition coefficient (Wildman–Crippen LogP) is 4.79. The van der Waals surface area contributed by atoms with Crippen LogP contribution in [-0.4, -0.2) is 12.0 Å². The zero-order valence-electron chi connectivity index (χ0n) is 14.8. The molecule has 3 rings (SSSR count). The fourth-order valence-corrected chi connectivity index (χ4v) is 2.81. The Bertz CT molecular complexity index is 865. The van der Waals surface area contributed by atoms with Crippen molar-refractivity contribution in [2.75, 3.05) is 0 Å². The van der Waals surface area contributed by atoms with Crippen LogP contribution in [0.2, 0.25) is 0 Å². The van der Waals surface area contributed by atoms with Crippen molar-refractivity contribution in [3.63, 3.8) is 0 Å². The lowest BCUT2D eigenvalue weighted by atomic mass is 10.1. The molecule has 0 aliphatic rings. The third-order valence-electron chi connectivity index (χ3n) is 4.36. The molecule has 0 saturated heterocycles. The van der Waals surface area contributed by atoms with Crippen molar-refractivity contribution in [3.8, 4) is 5.75 Å². The van der Waals surface area contributed by atoms with Crippen LogP contribution in [0.4, 0.5) is 0 Å². The molecule has 0 unspecified atom stereocenters. The molecule has 0 heterocycles. The van der Waals surface area contributed by atoms with Gasteiger partial charge >= 0.3 is 0 Å². The number of hydrogen-bond acceptors (Lipinski definition) is 2. The lowest BCUT2D eigenvalue weighted by molar-refractivity contribution is -0.127. The third-order valence-corrected chi connectivity index (χ3v) is 4.36. The lowest BCUT2D eigenvalue weighted by Gasteiger charge is -2.20. The molecule has 1 N–H and O–H groups in total. The molecule has 0 spiro atoms. The highest BCUT2D eigenvalue weighted by Gasteiger charge is 2.18. The number of carbonyl (C=O) groups is 1. The van der Waals surface area contributed by atoms with Crippen molar-refractivity contribution >= 4 is 16.7 Å². The molecular weight excluding hydrogens is 310 g/mol. The topological polar surface area (TPSA) is 38.3 Å². The molecule has 0 radical (unpaired) electrons. The van der Waals surface area contributed by atoms with Crippen molar-refractivity contribution in [2.24, 2.45) is 0 Å². The highest BCUT2D eigenvalue weighted by Crippen LogP contribution is 2.26. The summed E-state index contributed by atoms with van der Waals surface area (Å²) in [5.41, 5.74) is 2.28. The van der Waals surface area contributed by atoms with Crippen LogP contribution in [0.25, 0.3) is 10.8 Å². The number of hydrogen-bond donors (Lipinski definition) is 1. The monoisotopic (exact) mass is 333 g/mol. The van der Waals surface area contributed by atoms with Crippen LogP contribution in [0.15, 0.2) is 66.7 Å². The number of ether oxygens (including phenoxy) is 1. The molecule has 3 aromatic rings. The Morgan fingerprint density at radius 1 is 0.920 bits per heavy atom. The van der Waals surface area contributed by atoms with E-state index in [0.717, 1.165) is 22.1 Å². The van der Waals surface area contributed by atoms with Crippen molar-refractivity contribution in [1.82, 2.24) is 5.32 Å². The summed E-state index contributed by atoms with van der Waals surface area (Å²) in [6.07, 6.45) is -0.571. The van der Waals surface area contributed by atoms with E-state index in [-0.39, 0.29) is 11.9 Å². The third kappa shape index (κ3) is 4.00. The van der Waals surface area contributed by atoms with E-state index in [1.807, 2.05) is 80.6 Å². The van der Waals surface area contributed by atoms with Gasteiger partial charge in [0.15, 0.2) is 6.10 Å². The average Bonchev–Trinajstić information content (AvgIpc) is 2.62. The van der Waals surface area contributed by atoms with Gasteiger partial charge in [0.25, 0.3) is 5.91 Å². The van der Waals surface area contributed by atoms with Gasteiger partial charge in [-0.1, -0.05) is 66.2 Å². The second-order valence-electron chi connectivity index (χ2n) is 6.38. The Labute approximate surface area is 148 Å². The maximum absolute atomic E-state index is 12.5. The van der Waals surface area contributed by atoms with Crippen LogP contribution >= 0.6 is 0 Å². The molecule has 3 aromatic carbocycles. The maximum Gasteiger partial charge on any atom is 0.261 e. The molecule has 0 aliphatic carbocycles. The first-order chi connectivity index (χ1) is 12.0. The standard InChI is InChI=1S/C22H23NO2/c1-15-11-13-18(14-12-15)16(2)23-22(24)17(3)25-21-10-6-8-19-7-4-5-9-20(19)21/h4-14,16-17H,1-3H3,(H,23,24)/t16-,17+/m1/s1. The number of benzene rings is 3. The molecule has 1 amide bonds. The van der Waals surface area contributed by atoms with Gasteiger partial charge in [-0.3, -0.25) is 4.79 Å². The van der Waals surface area contributed by atoms with Crippen LogP contribution in [0.5, 0.6) is 5.75 Å². The Morgan fingerprint density at radius 3 is 2.36 bits per heavy atom. The number of carbonyl (C=O) groups excluding carboxylic acids is 1. The van der Waals surface area contributed by atoms with Crippen molar-refractivity contribution in [3.05, 3.63) is 77.9 Å². The van der Waals surface area contributed by atoms with Crippen LogP contribution in [-0.2, 0) is 4.79 Å². The first-order valence-electron chi connectivity index (χ1n) is 8.56. The van der Waals surface area contributed by atoms with E-state index >= 15 is 0 Å². The first-order valence-corrected chi connectivity index (χ1v) is 8.56. The maximum atomic E-state index is 12.5. The van der Waals surface area contributed by atoms with Gasteiger partial charge in [-0.2, -0.15) is 0 Å². The minimum absolute atomic E-state index is 0.0633. The second kappa shape index (κ2) is 7.39. The molecule has 0 aliphatic heterocycles. The summed E-state index contributed by atoms with van der Waals surface area (Å²) in [6, 6.07) is 22.0. The minimum Gasteiger partial charge on any atom is -0.480 e. The Balaban J connectivity index is 1.69. The number of aryl methyl sites for hydroxylation is 1. The van der Waals surface area contributed by atoms with E-state index in [4.69, 9.17) is 4.74 Å². The molecule has 0 saturated carbocycles. The molecule has 3 nitrogen and oxygen atoms in total. The molecule has 0 aromatic heterocycles. The fraction of sp³-hybridized carbons (Fsp3) is 0.227. The second-order valence-corrected chi connectivity index (χ2v) is 6.38. The lowest BCUT2D eigenvalue weighted by Crippen LogP contribution is -2.37. The largest absolute Gasteiger partial charge is 0.480 e. The SMILES string of the molecule is Cc1ccc([C@@H](C)NC(=O)[C@H](C)Oc2cccc3ccccc23)cc1. The summed E-state index contributed by atoms with van der Waals surface area (Å²) in [5, 5.41) is 5.13. The van der Waals surface area contributed by atoms with E-state index in [1.165, 1.54) is 5.56 Å². The number of nitrogens with one attached hydrogen (secondary N) is 1. The van der Waals surface area contributed by atoms with Gasteiger partial charge in [0.1, 0.15) is 5.75 Å². The highest BCUT2D eigenvalue weighted by molar-refractivity contribution is 5.89. The zero-order chi connectivity index (χ0) is 17.8. The summed E-state index contributed by atoms with van der Waals surface area (Å²) in [7, 11) is 0. The minimum atomic E-state index is -0.571. The van der Waals surface area contributed by atoms with Crippen LogP contribution < -0.4 is 10.1 Å². The quantitative estimate of drug-likeness (QED) is 0.729. The van der Waals surface area contributed by atoms with E-state index in [2.05, 4.69) is 5.32 Å². The molecule has 128 valence electrons. The summed E-state index contributed by atoms with van der Waals surface area (Å²) < 4.78 is 5.93. The zero-order valence-corrected chi connectivity index (χ0v) is 14.8. The fourth-order valence-electron chi connectivity index (χ4n) is 2.81. The molecule has 0 fully saturated rings. The van der Waals surface area contributed by atoms with Gasteiger partial charge in [0.2, 0.25) is 0 Å². The smallest absolute Gasteiger partial charge is 0.261 e. The Hall–Kier alpha value is -2.81. The van der Waals surface area contributed by atoms with Gasteiger partial charge in [0, 0.05) is 5.39 Å².